The standard InChI is InChI=1S/C37H46N6O12SSi/c1-21-32-31(22(2)55-57(3,4)5)35(46)41(32)33(36(47)53-19-23-6-10-25(11-7-23)42(49)50)34(21)56-28-16-27(17-39-30(45)15-14-29(38)44)40(18-28)37(48)54-20-24-8-12-26(13-9-24)43(51)52/h6-13,21-22,27-28,31-32H,14-20H2,1-5H3,(H2,38,44)(H,39,45)/t21-,22-,27+,28+,31-,32-/m1/s1. The topological polar surface area (TPSA) is 244 Å². The van der Waals surface area contributed by atoms with E-state index in [9.17, 15) is 44.2 Å². The third kappa shape index (κ3) is 10.3. The van der Waals surface area contributed by atoms with E-state index in [1.165, 1.54) is 70.1 Å². The number of nitrogens with zero attached hydrogens (tertiary/aromatic N) is 4. The van der Waals surface area contributed by atoms with Crippen LogP contribution in [0.4, 0.5) is 16.2 Å². The first-order chi connectivity index (χ1) is 26.8. The summed E-state index contributed by atoms with van der Waals surface area (Å²) in [5, 5.41) is 24.6. The van der Waals surface area contributed by atoms with Gasteiger partial charge in [-0.15, -0.1) is 11.8 Å². The molecule has 3 N–H and O–H groups in total. The molecule has 5 rings (SSSR count). The van der Waals surface area contributed by atoms with E-state index in [2.05, 4.69) is 5.32 Å². The molecule has 20 heteroatoms. The largest absolute Gasteiger partial charge is 0.456 e. The number of benzene rings is 2. The van der Waals surface area contributed by atoms with Crippen molar-refractivity contribution in [3.05, 3.63) is 90.5 Å². The van der Waals surface area contributed by atoms with Gasteiger partial charge in [0.05, 0.1) is 34.0 Å². The van der Waals surface area contributed by atoms with Crippen LogP contribution < -0.4 is 11.1 Å². The van der Waals surface area contributed by atoms with Crippen molar-refractivity contribution in [2.24, 2.45) is 17.6 Å². The van der Waals surface area contributed by atoms with Crippen molar-refractivity contribution in [3.8, 4) is 0 Å². The number of hydrogen-bond acceptors (Lipinski definition) is 13. The van der Waals surface area contributed by atoms with Crippen LogP contribution in [-0.2, 0) is 46.3 Å². The van der Waals surface area contributed by atoms with Gasteiger partial charge in [-0.1, -0.05) is 6.92 Å². The molecule has 0 saturated carbocycles. The number of hydrogen-bond donors (Lipinski definition) is 2. The number of esters is 1. The van der Waals surface area contributed by atoms with Crippen molar-refractivity contribution in [3.63, 3.8) is 0 Å². The summed E-state index contributed by atoms with van der Waals surface area (Å²) in [5.74, 6) is -2.91. The summed E-state index contributed by atoms with van der Waals surface area (Å²) in [4.78, 5) is 89.8. The van der Waals surface area contributed by atoms with Gasteiger partial charge in [0.1, 0.15) is 18.9 Å². The zero-order chi connectivity index (χ0) is 41.8. The molecule has 2 fully saturated rings. The fraction of sp³-hybridized carbons (Fsp3) is 0.486. The molecular weight excluding hydrogens is 781 g/mol. The number of ether oxygens (including phenoxy) is 2. The second-order valence-electron chi connectivity index (χ2n) is 15.2. The molecule has 0 spiro atoms. The highest BCUT2D eigenvalue weighted by molar-refractivity contribution is 8.03. The molecule has 0 radical (unpaired) electrons. The SMILES string of the molecule is C[C@@H](O[Si](C)(C)C)[C@H]1C(=O)N2C(C(=O)OCc3ccc([N+](=O)[O-])cc3)=C(S[C@H]3C[C@@H](CNC(=O)CCC(N)=O)N(C(=O)OCc4ccc([N+](=O)[O-])cc4)C3)[C@H](C)[C@H]12. The monoisotopic (exact) mass is 826 g/mol. The Labute approximate surface area is 333 Å². The lowest BCUT2D eigenvalue weighted by molar-refractivity contribution is -0.385. The zero-order valence-corrected chi connectivity index (χ0v) is 34.0. The maximum absolute atomic E-state index is 13.9. The van der Waals surface area contributed by atoms with Gasteiger partial charge in [0.2, 0.25) is 17.7 Å². The van der Waals surface area contributed by atoms with Crippen LogP contribution in [0.1, 0.15) is 44.2 Å². The average molecular weight is 827 g/mol. The second-order valence-corrected chi connectivity index (χ2v) is 21.0. The Morgan fingerprint density at radius 2 is 1.51 bits per heavy atom. The zero-order valence-electron chi connectivity index (χ0n) is 32.2. The third-order valence-electron chi connectivity index (χ3n) is 9.89. The van der Waals surface area contributed by atoms with Gasteiger partial charge in [-0.3, -0.25) is 34.6 Å². The molecule has 4 amide bonds. The first kappa shape index (κ1) is 42.8. The number of primary amides is 1. The van der Waals surface area contributed by atoms with Gasteiger partial charge in [-0.25, -0.2) is 9.59 Å². The van der Waals surface area contributed by atoms with E-state index in [0.717, 1.165) is 0 Å². The molecule has 0 unspecified atom stereocenters. The van der Waals surface area contributed by atoms with Crippen molar-refractivity contribution in [2.75, 3.05) is 13.1 Å². The fourth-order valence-corrected chi connectivity index (χ4v) is 10.1. The van der Waals surface area contributed by atoms with Crippen molar-refractivity contribution in [1.29, 1.82) is 0 Å². The first-order valence-electron chi connectivity index (χ1n) is 18.4. The lowest BCUT2D eigenvalue weighted by atomic mass is 9.79. The molecular formula is C37H46N6O12SSi. The van der Waals surface area contributed by atoms with Crippen LogP contribution in [0.5, 0.6) is 0 Å². The highest BCUT2D eigenvalue weighted by Gasteiger charge is 2.61. The van der Waals surface area contributed by atoms with Gasteiger partial charge in [-0.05, 0) is 68.4 Å². The molecule has 306 valence electrons. The Balaban J connectivity index is 1.37. The van der Waals surface area contributed by atoms with E-state index in [1.54, 1.807) is 0 Å². The molecule has 18 nitrogen and oxygen atoms in total. The molecule has 0 aliphatic carbocycles. The highest BCUT2D eigenvalue weighted by atomic mass is 32.2. The molecule has 2 aromatic carbocycles. The lowest BCUT2D eigenvalue weighted by Gasteiger charge is -2.48. The Kier molecular flexibility index (Phi) is 13.4. The summed E-state index contributed by atoms with van der Waals surface area (Å²) in [6, 6.07) is 10.2. The molecule has 3 aliphatic heterocycles. The predicted octanol–water partition coefficient (Wildman–Crippen LogP) is 4.37. The number of fused-ring (bicyclic) bond motifs is 1. The number of nitrogens with one attached hydrogen (secondary N) is 1. The number of amides is 4. The molecule has 3 aliphatic rings. The van der Waals surface area contributed by atoms with Crippen LogP contribution in [0.15, 0.2) is 59.1 Å². The highest BCUT2D eigenvalue weighted by Crippen LogP contribution is 2.53. The minimum atomic E-state index is -2.05. The number of thioether (sulfide) groups is 1. The van der Waals surface area contributed by atoms with E-state index in [1.807, 2.05) is 33.5 Å². The average Bonchev–Trinajstić information content (AvgIpc) is 3.66. The molecule has 3 heterocycles. The number of β-lactam (4-membered cyclic amide) rings is 1. The quantitative estimate of drug-likeness (QED) is 0.0741. The van der Waals surface area contributed by atoms with Gasteiger partial charge < -0.3 is 34.8 Å². The number of non-ortho nitro benzene ring substituents is 2. The van der Waals surface area contributed by atoms with Crippen LogP contribution in [0, 0.1) is 32.1 Å². The van der Waals surface area contributed by atoms with Gasteiger partial charge in [-0.2, -0.15) is 0 Å². The Hall–Kier alpha value is -5.34. The van der Waals surface area contributed by atoms with Crippen LogP contribution in [0.25, 0.3) is 0 Å². The molecule has 0 aromatic heterocycles. The fourth-order valence-electron chi connectivity index (χ4n) is 7.27. The van der Waals surface area contributed by atoms with E-state index >= 15 is 0 Å². The molecule has 2 aromatic rings. The number of carbonyl (C=O) groups excluding carboxylic acids is 5. The summed E-state index contributed by atoms with van der Waals surface area (Å²) in [6.07, 6.45) is -1.03. The number of nitro groups is 2. The second kappa shape index (κ2) is 17.8. The van der Waals surface area contributed by atoms with Crippen LogP contribution in [0.2, 0.25) is 19.6 Å². The normalized spacial score (nSPS) is 22.1. The van der Waals surface area contributed by atoms with E-state index in [-0.39, 0.29) is 73.3 Å². The number of rotatable bonds is 17. The van der Waals surface area contributed by atoms with Crippen molar-refractivity contribution < 1.29 is 47.7 Å². The molecule has 57 heavy (non-hydrogen) atoms. The lowest BCUT2D eigenvalue weighted by Crippen LogP contribution is -2.64. The van der Waals surface area contributed by atoms with Gasteiger partial charge in [0.15, 0.2) is 8.32 Å². The third-order valence-corrected chi connectivity index (χ3v) is 12.5. The predicted molar refractivity (Wildman–Crippen MR) is 208 cm³/mol. The minimum absolute atomic E-state index is 0.0287. The Morgan fingerprint density at radius 3 is 2.04 bits per heavy atom. The number of carbonyl (C=O) groups is 5. The smallest absolute Gasteiger partial charge is 0.410 e. The summed E-state index contributed by atoms with van der Waals surface area (Å²) in [6.45, 7) is 9.68. The number of nitrogens with two attached hydrogens (primary N) is 1. The molecule has 2 saturated heterocycles. The van der Waals surface area contributed by atoms with E-state index in [4.69, 9.17) is 19.6 Å². The minimum Gasteiger partial charge on any atom is -0.456 e. The Morgan fingerprint density at radius 1 is 0.947 bits per heavy atom. The van der Waals surface area contributed by atoms with Crippen molar-refractivity contribution in [2.45, 2.75) is 89.4 Å². The summed E-state index contributed by atoms with van der Waals surface area (Å²) < 4.78 is 17.6. The maximum Gasteiger partial charge on any atom is 0.410 e. The van der Waals surface area contributed by atoms with Crippen LogP contribution in [-0.4, -0.2) is 94.3 Å². The number of nitro benzene ring substituents is 2. The number of likely N-dealkylation sites (tertiary alicyclic amines) is 1. The van der Waals surface area contributed by atoms with E-state index < -0.39 is 66.1 Å². The maximum atomic E-state index is 13.9. The summed E-state index contributed by atoms with van der Waals surface area (Å²) in [7, 11) is -2.05. The molecule has 6 atom stereocenters. The Bertz CT molecular complexity index is 1940. The van der Waals surface area contributed by atoms with Crippen LogP contribution in [0.3, 0.4) is 0 Å². The van der Waals surface area contributed by atoms with E-state index in [0.29, 0.717) is 22.5 Å². The van der Waals surface area contributed by atoms with Crippen LogP contribution >= 0.6 is 11.8 Å². The first-order valence-corrected chi connectivity index (χ1v) is 22.7. The van der Waals surface area contributed by atoms with Gasteiger partial charge in [0.25, 0.3) is 11.4 Å². The summed E-state index contributed by atoms with van der Waals surface area (Å²) >= 11 is 1.35. The van der Waals surface area contributed by atoms with Gasteiger partial charge >= 0.3 is 12.1 Å². The van der Waals surface area contributed by atoms with Gasteiger partial charge in [0, 0.05) is 66.3 Å². The van der Waals surface area contributed by atoms with Crippen molar-refractivity contribution in [1.82, 2.24) is 15.1 Å². The van der Waals surface area contributed by atoms with Crippen molar-refractivity contribution >= 4 is 61.2 Å². The summed E-state index contributed by atoms with van der Waals surface area (Å²) in [5.41, 5.74) is 6.10. The molecule has 0 bridgehead atoms.